The lowest BCUT2D eigenvalue weighted by Crippen LogP contribution is -1.87. The Morgan fingerprint density at radius 2 is 2.47 bits per heavy atom. The van der Waals surface area contributed by atoms with Gasteiger partial charge in [0.25, 0.3) is 0 Å². The Hall–Kier alpha value is -0.950. The van der Waals surface area contributed by atoms with Crippen molar-refractivity contribution in [1.82, 2.24) is 4.98 Å². The lowest BCUT2D eigenvalue weighted by atomic mass is 10.5. The summed E-state index contributed by atoms with van der Waals surface area (Å²) in [6.07, 6.45) is 1.34. The van der Waals surface area contributed by atoms with E-state index in [1.165, 1.54) is 13.1 Å². The third-order valence-electron chi connectivity index (χ3n) is 1.33. The van der Waals surface area contributed by atoms with E-state index in [4.69, 9.17) is 4.89 Å². The fraction of sp³-hybridized carbons (Fsp3) is 0.333. The van der Waals surface area contributed by atoms with Gasteiger partial charge in [-0.05, 0) is 0 Å². The maximum absolute atomic E-state index is 10.9. The molecular weight excluding hydrogens is 243 g/mol. The van der Waals surface area contributed by atoms with Crippen molar-refractivity contribution >= 4 is 24.9 Å². The summed E-state index contributed by atoms with van der Waals surface area (Å²) in [5.41, 5.74) is 0. The van der Waals surface area contributed by atoms with Crippen LogP contribution >= 0.6 is 19.1 Å². The van der Waals surface area contributed by atoms with Gasteiger partial charge in [-0.15, -0.1) is 16.2 Å². The molecule has 1 N–H and O–H groups in total. The lowest BCUT2D eigenvalue weighted by Gasteiger charge is -2.00. The molecule has 0 aliphatic carbocycles. The van der Waals surface area contributed by atoms with Crippen molar-refractivity contribution in [1.29, 1.82) is 0 Å². The number of carbonyl (C=O) groups is 1. The van der Waals surface area contributed by atoms with Gasteiger partial charge in [-0.3, -0.25) is 9.32 Å². The minimum absolute atomic E-state index is 0.202. The zero-order valence-corrected chi connectivity index (χ0v) is 9.33. The molecule has 9 heteroatoms. The predicted molar refractivity (Wildman–Crippen MR) is 52.5 cm³/mol. The van der Waals surface area contributed by atoms with E-state index in [9.17, 15) is 14.3 Å². The molecule has 1 heterocycles. The number of Topliss-reactive ketones (excluding diaryl/α,β-unsaturated/α-hetero) is 1. The SMILES string of the molecule is CC(=O)c1ncc(COP(=O)(O)N=O)s1. The van der Waals surface area contributed by atoms with Gasteiger partial charge in [0.05, 0.1) is 11.5 Å². The van der Waals surface area contributed by atoms with Gasteiger partial charge in [-0.1, -0.05) is 0 Å². The second-order valence-electron chi connectivity index (χ2n) is 2.53. The molecule has 0 aliphatic heterocycles. The monoisotopic (exact) mass is 250 g/mol. The molecule has 0 saturated heterocycles. The Kier molecular flexibility index (Phi) is 3.81. The van der Waals surface area contributed by atoms with Crippen molar-refractivity contribution in [2.75, 3.05) is 0 Å². The summed E-state index contributed by atoms with van der Waals surface area (Å²) in [6, 6.07) is 0. The van der Waals surface area contributed by atoms with Gasteiger partial charge in [0, 0.05) is 18.1 Å². The van der Waals surface area contributed by atoms with Gasteiger partial charge < -0.3 is 4.89 Å². The molecule has 0 saturated carbocycles. The highest BCUT2D eigenvalue weighted by atomic mass is 32.1. The summed E-state index contributed by atoms with van der Waals surface area (Å²) >= 11 is 1.03. The molecule has 0 bridgehead atoms. The summed E-state index contributed by atoms with van der Waals surface area (Å²) in [6.45, 7) is 1.08. The standard InChI is InChI=1S/C6H7N2O5PS/c1-4(9)6-7-2-5(15-6)3-13-14(11,12)8-10/h2H,3H2,1H3,(H,11,12). The van der Waals surface area contributed by atoms with E-state index in [2.05, 4.69) is 9.51 Å². The van der Waals surface area contributed by atoms with Crippen molar-refractivity contribution in [3.8, 4) is 0 Å². The van der Waals surface area contributed by atoms with Gasteiger partial charge in [0.2, 0.25) is 0 Å². The van der Waals surface area contributed by atoms with E-state index in [-0.39, 0.29) is 17.4 Å². The van der Waals surface area contributed by atoms with Crippen LogP contribution in [-0.4, -0.2) is 15.7 Å². The summed E-state index contributed by atoms with van der Waals surface area (Å²) in [5.74, 6) is -0.202. The summed E-state index contributed by atoms with van der Waals surface area (Å²) < 4.78 is 15.0. The van der Waals surface area contributed by atoms with Gasteiger partial charge in [0.1, 0.15) is 0 Å². The van der Waals surface area contributed by atoms with Crippen molar-refractivity contribution in [3.63, 3.8) is 0 Å². The average Bonchev–Trinajstić information content (AvgIpc) is 2.63. The third-order valence-corrected chi connectivity index (χ3v) is 3.08. The Labute approximate surface area is 88.7 Å². The number of nitrogens with zero attached hydrogens (tertiary/aromatic N) is 2. The van der Waals surface area contributed by atoms with Crippen LogP contribution in [0.1, 0.15) is 21.6 Å². The van der Waals surface area contributed by atoms with Crippen LogP contribution in [0, 0.1) is 4.91 Å². The number of hydrogen-bond acceptors (Lipinski definition) is 6. The molecule has 1 atom stereocenters. The van der Waals surface area contributed by atoms with Crippen LogP contribution in [0.25, 0.3) is 0 Å². The van der Waals surface area contributed by atoms with Gasteiger partial charge in [-0.25, -0.2) is 9.55 Å². The van der Waals surface area contributed by atoms with Crippen LogP contribution in [0.2, 0.25) is 0 Å². The average molecular weight is 250 g/mol. The van der Waals surface area contributed by atoms with Crippen LogP contribution < -0.4 is 0 Å². The minimum atomic E-state index is -4.39. The maximum Gasteiger partial charge on any atom is 0.487 e. The number of thiazole rings is 1. The second-order valence-corrected chi connectivity index (χ2v) is 5.05. The fourth-order valence-electron chi connectivity index (χ4n) is 0.708. The molecule has 1 rings (SSSR count). The molecule has 0 aromatic carbocycles. The first-order valence-electron chi connectivity index (χ1n) is 3.72. The largest absolute Gasteiger partial charge is 0.487 e. The number of ketones is 1. The van der Waals surface area contributed by atoms with Gasteiger partial charge >= 0.3 is 7.75 Å². The molecular formula is C6H7N2O5PS. The van der Waals surface area contributed by atoms with Crippen LogP contribution in [0.5, 0.6) is 0 Å². The van der Waals surface area contributed by atoms with E-state index >= 15 is 0 Å². The third kappa shape index (κ3) is 3.60. The zero-order valence-electron chi connectivity index (χ0n) is 7.61. The normalized spacial score (nSPS) is 14.5. The number of nitroso groups, excluding NO2 is 1. The molecule has 0 amide bonds. The second kappa shape index (κ2) is 4.71. The quantitative estimate of drug-likeness (QED) is 0.484. The number of hydrogen-bond donors (Lipinski definition) is 1. The molecule has 15 heavy (non-hydrogen) atoms. The van der Waals surface area contributed by atoms with Crippen molar-refractivity contribution < 1.29 is 18.8 Å². The van der Waals surface area contributed by atoms with Crippen LogP contribution in [0.3, 0.4) is 0 Å². The minimum Gasteiger partial charge on any atom is -0.305 e. The van der Waals surface area contributed by atoms with Crippen molar-refractivity contribution in [2.45, 2.75) is 13.5 Å². The summed E-state index contributed by atoms with van der Waals surface area (Å²) in [5, 5.41) is 0.278. The number of carbonyl (C=O) groups excluding carboxylic acids is 1. The smallest absolute Gasteiger partial charge is 0.305 e. The summed E-state index contributed by atoms with van der Waals surface area (Å²) in [4.78, 5) is 35.5. The molecule has 1 unspecified atom stereocenters. The first kappa shape index (κ1) is 12.1. The van der Waals surface area contributed by atoms with Gasteiger partial charge in [0.15, 0.2) is 10.8 Å². The Balaban J connectivity index is 2.62. The molecule has 0 spiro atoms. The van der Waals surface area contributed by atoms with E-state index in [1.54, 1.807) is 0 Å². The maximum atomic E-state index is 10.9. The molecule has 1 aromatic heterocycles. The highest BCUT2D eigenvalue weighted by molar-refractivity contribution is 7.51. The first-order chi connectivity index (χ1) is 6.94. The topological polar surface area (TPSA) is 106 Å². The zero-order chi connectivity index (χ0) is 11.5. The highest BCUT2D eigenvalue weighted by Gasteiger charge is 2.20. The van der Waals surface area contributed by atoms with E-state index in [0.29, 0.717) is 4.88 Å². The fourth-order valence-corrected chi connectivity index (χ4v) is 1.87. The molecule has 0 fully saturated rings. The van der Waals surface area contributed by atoms with E-state index < -0.39 is 7.75 Å². The van der Waals surface area contributed by atoms with Crippen LogP contribution in [0.15, 0.2) is 11.1 Å². The molecule has 82 valence electrons. The number of rotatable bonds is 5. The lowest BCUT2D eigenvalue weighted by molar-refractivity contribution is 0.101. The molecule has 1 aromatic rings. The van der Waals surface area contributed by atoms with Crippen LogP contribution in [-0.2, 0) is 15.7 Å². The predicted octanol–water partition coefficient (Wildman–Crippen LogP) is 1.73. The first-order valence-corrected chi connectivity index (χ1v) is 6.07. The van der Waals surface area contributed by atoms with Crippen LogP contribution in [0.4, 0.5) is 0 Å². The van der Waals surface area contributed by atoms with Gasteiger partial charge in [-0.2, -0.15) is 0 Å². The summed E-state index contributed by atoms with van der Waals surface area (Å²) in [7, 11) is -4.39. The Morgan fingerprint density at radius 1 is 1.80 bits per heavy atom. The highest BCUT2D eigenvalue weighted by Crippen LogP contribution is 2.44. The van der Waals surface area contributed by atoms with E-state index in [1.807, 2.05) is 4.95 Å². The Bertz CT molecular complexity index is 431. The number of aromatic nitrogens is 1. The molecule has 0 aliphatic rings. The van der Waals surface area contributed by atoms with Crippen molar-refractivity contribution in [3.05, 3.63) is 21.0 Å². The van der Waals surface area contributed by atoms with Crippen molar-refractivity contribution in [2.24, 2.45) is 4.95 Å². The molecule has 0 radical (unpaired) electrons. The van der Waals surface area contributed by atoms with E-state index in [0.717, 1.165) is 11.3 Å². The molecule has 7 nitrogen and oxygen atoms in total. The Morgan fingerprint density at radius 3 is 2.93 bits per heavy atom.